The van der Waals surface area contributed by atoms with Crippen LogP contribution in [0.5, 0.6) is 0 Å². The van der Waals surface area contributed by atoms with E-state index in [0.717, 1.165) is 72.9 Å². The maximum atomic E-state index is 6.46. The third-order valence-corrected chi connectivity index (χ3v) is 9.29. The number of pyridine rings is 2. The lowest BCUT2D eigenvalue weighted by atomic mass is 9.95. The molecule has 5 heteroatoms. The molecular weight excluding hydrogens is 659 g/mol. The molecule has 5 aromatic carbocycles. The summed E-state index contributed by atoms with van der Waals surface area (Å²) in [5, 5.41) is 0. The van der Waals surface area contributed by atoms with Gasteiger partial charge in [0, 0.05) is 46.8 Å². The quantitative estimate of drug-likeness (QED) is 0.144. The summed E-state index contributed by atoms with van der Waals surface area (Å²) >= 11 is 0. The molecule has 0 saturated heterocycles. The average molecular weight is 696 g/mol. The van der Waals surface area contributed by atoms with Crippen LogP contribution in [0.4, 0.5) is 0 Å². The lowest BCUT2D eigenvalue weighted by molar-refractivity contribution is 1.11. The number of nitrogens with two attached hydrogens (primary N) is 1. The van der Waals surface area contributed by atoms with Crippen molar-refractivity contribution in [1.82, 2.24) is 19.9 Å². The predicted octanol–water partition coefficient (Wildman–Crippen LogP) is 11.2. The summed E-state index contributed by atoms with van der Waals surface area (Å²) in [4.78, 5) is 19.3. The Balaban J connectivity index is 1.05. The van der Waals surface area contributed by atoms with Crippen molar-refractivity contribution in [2.24, 2.45) is 5.73 Å². The zero-order chi connectivity index (χ0) is 36.5. The molecule has 3 heterocycles. The highest BCUT2D eigenvalue weighted by molar-refractivity contribution is 5.85. The maximum Gasteiger partial charge on any atom is 0.160 e. The number of allylic oxidation sites excluding steroid dienone is 3. The van der Waals surface area contributed by atoms with E-state index in [-0.39, 0.29) is 0 Å². The molecular formula is C49H37N5. The number of hydrogen-bond donors (Lipinski definition) is 1. The Labute approximate surface area is 315 Å². The first kappa shape index (κ1) is 33.9. The lowest BCUT2D eigenvalue weighted by Crippen LogP contribution is -1.99. The van der Waals surface area contributed by atoms with Crippen LogP contribution in [-0.2, 0) is 6.42 Å². The molecule has 258 valence electrons. The third kappa shape index (κ3) is 7.81. The van der Waals surface area contributed by atoms with Crippen LogP contribution in [0.25, 0.3) is 67.4 Å². The minimum atomic E-state index is 0.617. The minimum absolute atomic E-state index is 0.617. The minimum Gasteiger partial charge on any atom is -0.397 e. The van der Waals surface area contributed by atoms with Gasteiger partial charge in [0.1, 0.15) is 0 Å². The molecule has 0 aliphatic carbocycles. The second-order valence-electron chi connectivity index (χ2n) is 12.9. The van der Waals surface area contributed by atoms with Gasteiger partial charge in [0.25, 0.3) is 0 Å². The van der Waals surface area contributed by atoms with Gasteiger partial charge in [-0.2, -0.15) is 0 Å². The van der Waals surface area contributed by atoms with Gasteiger partial charge in [-0.05, 0) is 58.2 Å². The average Bonchev–Trinajstić information content (AvgIpc) is 3.26. The Hall–Kier alpha value is -7.24. The molecule has 8 rings (SSSR count). The van der Waals surface area contributed by atoms with Crippen LogP contribution in [0.2, 0.25) is 0 Å². The van der Waals surface area contributed by atoms with Crippen LogP contribution in [0.3, 0.4) is 0 Å². The normalized spacial score (nSPS) is 11.7. The van der Waals surface area contributed by atoms with Gasteiger partial charge in [-0.3, -0.25) is 9.97 Å². The van der Waals surface area contributed by atoms with Crippen molar-refractivity contribution in [3.05, 3.63) is 217 Å². The van der Waals surface area contributed by atoms with Gasteiger partial charge in [0.05, 0.1) is 22.8 Å². The summed E-state index contributed by atoms with van der Waals surface area (Å²) in [5.41, 5.74) is 20.1. The molecule has 8 aromatic rings. The first-order valence-electron chi connectivity index (χ1n) is 18.0. The molecule has 0 aliphatic heterocycles. The molecule has 0 fully saturated rings. The highest BCUT2D eigenvalue weighted by Gasteiger charge is 2.14. The number of rotatable bonds is 10. The van der Waals surface area contributed by atoms with E-state index in [2.05, 4.69) is 114 Å². The second kappa shape index (κ2) is 16.0. The molecule has 0 bridgehead atoms. The zero-order valence-corrected chi connectivity index (χ0v) is 29.6. The van der Waals surface area contributed by atoms with Crippen LogP contribution in [0, 0.1) is 0 Å². The monoisotopic (exact) mass is 695 g/mol. The number of benzene rings is 5. The van der Waals surface area contributed by atoms with Crippen LogP contribution in [-0.4, -0.2) is 19.9 Å². The topological polar surface area (TPSA) is 77.6 Å². The van der Waals surface area contributed by atoms with Crippen molar-refractivity contribution >= 4 is 11.3 Å². The number of hydrogen-bond acceptors (Lipinski definition) is 5. The molecule has 3 aromatic heterocycles. The Morgan fingerprint density at radius 1 is 0.500 bits per heavy atom. The fraction of sp³-hybridized carbons (Fsp3) is 0.0204. The van der Waals surface area contributed by atoms with Crippen LogP contribution >= 0.6 is 0 Å². The van der Waals surface area contributed by atoms with E-state index in [4.69, 9.17) is 20.7 Å². The lowest BCUT2D eigenvalue weighted by Gasteiger charge is -2.13. The summed E-state index contributed by atoms with van der Waals surface area (Å²) in [6.45, 7) is 0. The SMILES string of the molecule is N/C(=C\C(=C/Cc1ccc(-c2ccc(-c3ccccc3-c3cc(-c4ccccc4)nc(-c4ccccc4)n3)cc2)cn1)c1ccccc1)c1ccccn1. The zero-order valence-electron chi connectivity index (χ0n) is 29.6. The molecule has 2 N–H and O–H groups in total. The van der Waals surface area contributed by atoms with Crippen molar-refractivity contribution in [3.63, 3.8) is 0 Å². The largest absolute Gasteiger partial charge is 0.397 e. The van der Waals surface area contributed by atoms with Gasteiger partial charge in [0.15, 0.2) is 5.82 Å². The molecule has 0 spiro atoms. The van der Waals surface area contributed by atoms with Crippen molar-refractivity contribution in [1.29, 1.82) is 0 Å². The van der Waals surface area contributed by atoms with E-state index in [9.17, 15) is 0 Å². The summed E-state index contributed by atoms with van der Waals surface area (Å²) in [5.74, 6) is 0.699. The number of nitrogens with zero attached hydrogens (tertiary/aromatic N) is 4. The molecule has 0 saturated carbocycles. The molecule has 0 amide bonds. The van der Waals surface area contributed by atoms with Gasteiger partial charge in [-0.25, -0.2) is 9.97 Å². The molecule has 0 radical (unpaired) electrons. The van der Waals surface area contributed by atoms with E-state index in [1.54, 1.807) is 6.20 Å². The molecule has 0 aliphatic rings. The second-order valence-corrected chi connectivity index (χ2v) is 12.9. The summed E-state index contributed by atoms with van der Waals surface area (Å²) < 4.78 is 0. The highest BCUT2D eigenvalue weighted by Crippen LogP contribution is 2.35. The van der Waals surface area contributed by atoms with Gasteiger partial charge in [-0.1, -0.05) is 158 Å². The van der Waals surface area contributed by atoms with E-state index in [1.807, 2.05) is 85.1 Å². The van der Waals surface area contributed by atoms with Crippen molar-refractivity contribution in [2.75, 3.05) is 0 Å². The maximum absolute atomic E-state index is 6.46. The summed E-state index contributed by atoms with van der Waals surface area (Å²) in [6, 6.07) is 59.8. The fourth-order valence-electron chi connectivity index (χ4n) is 6.46. The Kier molecular flexibility index (Phi) is 10.0. The smallest absolute Gasteiger partial charge is 0.160 e. The third-order valence-electron chi connectivity index (χ3n) is 9.29. The highest BCUT2D eigenvalue weighted by atomic mass is 14.9. The number of aromatic nitrogens is 4. The van der Waals surface area contributed by atoms with Crippen LogP contribution in [0.1, 0.15) is 17.0 Å². The van der Waals surface area contributed by atoms with Crippen molar-refractivity contribution in [3.8, 4) is 56.2 Å². The fourth-order valence-corrected chi connectivity index (χ4v) is 6.46. The van der Waals surface area contributed by atoms with E-state index in [0.29, 0.717) is 17.9 Å². The Morgan fingerprint density at radius 3 is 1.80 bits per heavy atom. The molecule has 54 heavy (non-hydrogen) atoms. The van der Waals surface area contributed by atoms with Gasteiger partial charge < -0.3 is 5.73 Å². The van der Waals surface area contributed by atoms with Crippen molar-refractivity contribution in [2.45, 2.75) is 6.42 Å². The molecule has 0 atom stereocenters. The first-order chi connectivity index (χ1) is 26.7. The Morgan fingerprint density at radius 2 is 1.11 bits per heavy atom. The van der Waals surface area contributed by atoms with E-state index < -0.39 is 0 Å². The van der Waals surface area contributed by atoms with Gasteiger partial charge in [0.2, 0.25) is 0 Å². The predicted molar refractivity (Wildman–Crippen MR) is 222 cm³/mol. The summed E-state index contributed by atoms with van der Waals surface area (Å²) in [7, 11) is 0. The van der Waals surface area contributed by atoms with Crippen molar-refractivity contribution < 1.29 is 0 Å². The van der Waals surface area contributed by atoms with Gasteiger partial charge >= 0.3 is 0 Å². The summed E-state index contributed by atoms with van der Waals surface area (Å²) in [6.07, 6.45) is 8.52. The standard InChI is InChI=1S/C49H37N5/c50-45(46-22-12-13-31-51-46)32-40(35-14-4-1-5-15-35)27-29-42-30-28-41(34-52-42)36-23-25-37(26-24-36)43-20-10-11-21-44(43)48-33-47(38-16-6-2-7-17-38)53-49(54-48)39-18-8-3-9-19-39/h1-28,30-34H,29,50H2/b40-27+,45-32-. The molecule has 5 nitrogen and oxygen atoms in total. The van der Waals surface area contributed by atoms with Gasteiger partial charge in [-0.15, -0.1) is 0 Å². The Bertz CT molecular complexity index is 2470. The molecule has 0 unspecified atom stereocenters. The van der Waals surface area contributed by atoms with E-state index >= 15 is 0 Å². The van der Waals surface area contributed by atoms with E-state index in [1.165, 1.54) is 0 Å². The first-order valence-corrected chi connectivity index (χ1v) is 18.0. The van der Waals surface area contributed by atoms with Crippen LogP contribution < -0.4 is 5.73 Å². The van der Waals surface area contributed by atoms with Crippen LogP contribution in [0.15, 0.2) is 200 Å².